The maximum Gasteiger partial charge on any atom is 0.243 e. The van der Waals surface area contributed by atoms with Gasteiger partial charge in [0.25, 0.3) is 0 Å². The molecule has 2 rings (SSSR count). The molecular weight excluding hydrogens is 181 g/mol. The van der Waals surface area contributed by atoms with Crippen LogP contribution in [0.5, 0.6) is 0 Å². The summed E-state index contributed by atoms with van der Waals surface area (Å²) >= 11 is 5.74. The van der Waals surface area contributed by atoms with Crippen molar-refractivity contribution in [3.8, 4) is 0 Å². The van der Waals surface area contributed by atoms with E-state index in [2.05, 4.69) is 10.1 Å². The van der Waals surface area contributed by atoms with E-state index in [0.29, 0.717) is 10.7 Å². The highest BCUT2D eigenvalue weighted by atomic mass is 35.5. The van der Waals surface area contributed by atoms with Gasteiger partial charge in [-0.25, -0.2) is 9.67 Å². The molecule has 2 heterocycles. The normalized spacial score (nSPS) is 10.9. The van der Waals surface area contributed by atoms with E-state index < -0.39 is 5.95 Å². The molecule has 0 N–H and O–H groups in total. The number of hydrogen-bond acceptors (Lipinski definition) is 2. The van der Waals surface area contributed by atoms with Gasteiger partial charge < -0.3 is 0 Å². The molecule has 5 heteroatoms. The Morgan fingerprint density at radius 2 is 2.33 bits per heavy atom. The first-order valence-corrected chi connectivity index (χ1v) is 3.70. The molecule has 0 saturated carbocycles. The number of aryl methyl sites for hydroxylation is 1. The first kappa shape index (κ1) is 7.49. The number of pyridine rings is 1. The smallest absolute Gasteiger partial charge is 0.243 e. The molecule has 0 aliphatic rings. The van der Waals surface area contributed by atoms with E-state index in [1.807, 2.05) is 0 Å². The highest BCUT2D eigenvalue weighted by molar-refractivity contribution is 6.35. The van der Waals surface area contributed by atoms with Crippen LogP contribution < -0.4 is 0 Å². The summed E-state index contributed by atoms with van der Waals surface area (Å²) in [6, 6.07) is 1.54. The van der Waals surface area contributed by atoms with Crippen LogP contribution in [0.25, 0.3) is 11.0 Å². The van der Waals surface area contributed by atoms with Crippen LogP contribution in [0.15, 0.2) is 12.3 Å². The van der Waals surface area contributed by atoms with Crippen molar-refractivity contribution in [3.05, 3.63) is 23.2 Å². The molecule has 0 spiro atoms. The SMILES string of the molecule is Cn1nc(F)c2c(Cl)ccnc21. The Morgan fingerprint density at radius 1 is 1.58 bits per heavy atom. The second-order valence-corrected chi connectivity index (χ2v) is 2.81. The number of rotatable bonds is 0. The fourth-order valence-corrected chi connectivity index (χ4v) is 1.31. The van der Waals surface area contributed by atoms with Gasteiger partial charge in [-0.15, -0.1) is 5.10 Å². The Morgan fingerprint density at radius 3 is 3.00 bits per heavy atom. The standard InChI is InChI=1S/C7H5ClFN3/c1-12-7-5(6(9)11-12)4(8)2-3-10-7/h2-3H,1H3. The Bertz CT molecular complexity index is 437. The quantitative estimate of drug-likeness (QED) is 0.626. The van der Waals surface area contributed by atoms with Gasteiger partial charge in [0.2, 0.25) is 5.95 Å². The number of halogens is 2. The first-order valence-electron chi connectivity index (χ1n) is 3.33. The average Bonchev–Trinajstić information content (AvgIpc) is 2.29. The van der Waals surface area contributed by atoms with Gasteiger partial charge in [0.15, 0.2) is 5.65 Å². The molecule has 2 aromatic rings. The second kappa shape index (κ2) is 2.42. The van der Waals surface area contributed by atoms with Crippen molar-refractivity contribution < 1.29 is 4.39 Å². The largest absolute Gasteiger partial charge is 0.247 e. The molecule has 0 aliphatic carbocycles. The van der Waals surface area contributed by atoms with E-state index in [9.17, 15) is 4.39 Å². The zero-order chi connectivity index (χ0) is 8.72. The lowest BCUT2D eigenvalue weighted by Gasteiger charge is -1.92. The van der Waals surface area contributed by atoms with Crippen LogP contribution in [0.2, 0.25) is 5.02 Å². The van der Waals surface area contributed by atoms with E-state index in [4.69, 9.17) is 11.6 Å². The molecular formula is C7H5ClFN3. The maximum atomic E-state index is 13.0. The molecule has 2 aromatic heterocycles. The van der Waals surface area contributed by atoms with E-state index in [-0.39, 0.29) is 5.39 Å². The van der Waals surface area contributed by atoms with Gasteiger partial charge in [-0.3, -0.25) is 0 Å². The van der Waals surface area contributed by atoms with Gasteiger partial charge in [0.1, 0.15) is 0 Å². The third-order valence-corrected chi connectivity index (χ3v) is 1.95. The molecule has 12 heavy (non-hydrogen) atoms. The molecule has 62 valence electrons. The summed E-state index contributed by atoms with van der Waals surface area (Å²) in [4.78, 5) is 3.94. The number of fused-ring (bicyclic) bond motifs is 1. The van der Waals surface area contributed by atoms with Crippen molar-refractivity contribution in [2.24, 2.45) is 7.05 Å². The summed E-state index contributed by atoms with van der Waals surface area (Å²) in [7, 11) is 1.62. The fraction of sp³-hybridized carbons (Fsp3) is 0.143. The summed E-state index contributed by atoms with van der Waals surface area (Å²) < 4.78 is 14.4. The predicted molar refractivity (Wildman–Crippen MR) is 43.5 cm³/mol. The molecule has 0 aliphatic heterocycles. The number of nitrogens with zero attached hydrogens (tertiary/aromatic N) is 3. The van der Waals surface area contributed by atoms with E-state index >= 15 is 0 Å². The molecule has 0 amide bonds. The Labute approximate surface area is 72.8 Å². The Balaban J connectivity index is 2.99. The summed E-state index contributed by atoms with van der Waals surface area (Å²) in [5.74, 6) is -0.578. The minimum atomic E-state index is -0.578. The van der Waals surface area contributed by atoms with Crippen LogP contribution in [0.3, 0.4) is 0 Å². The number of hydrogen-bond donors (Lipinski definition) is 0. The topological polar surface area (TPSA) is 30.7 Å². The van der Waals surface area contributed by atoms with Crippen LogP contribution in [0, 0.1) is 5.95 Å². The van der Waals surface area contributed by atoms with Crippen molar-refractivity contribution in [1.82, 2.24) is 14.8 Å². The van der Waals surface area contributed by atoms with Crippen LogP contribution in [-0.4, -0.2) is 14.8 Å². The van der Waals surface area contributed by atoms with Gasteiger partial charge in [-0.05, 0) is 6.07 Å². The van der Waals surface area contributed by atoms with Crippen LogP contribution in [0.4, 0.5) is 4.39 Å². The van der Waals surface area contributed by atoms with E-state index in [0.717, 1.165) is 0 Å². The zero-order valence-corrected chi connectivity index (χ0v) is 7.01. The second-order valence-electron chi connectivity index (χ2n) is 2.41. The van der Waals surface area contributed by atoms with Crippen molar-refractivity contribution in [2.45, 2.75) is 0 Å². The van der Waals surface area contributed by atoms with Gasteiger partial charge >= 0.3 is 0 Å². The lowest BCUT2D eigenvalue weighted by atomic mass is 10.3. The molecule has 0 fully saturated rings. The minimum absolute atomic E-state index is 0.279. The lowest BCUT2D eigenvalue weighted by molar-refractivity contribution is 0.561. The van der Waals surface area contributed by atoms with Gasteiger partial charge in [-0.1, -0.05) is 11.6 Å². The monoisotopic (exact) mass is 185 g/mol. The van der Waals surface area contributed by atoms with Crippen LogP contribution >= 0.6 is 11.6 Å². The first-order chi connectivity index (χ1) is 5.70. The molecule has 0 unspecified atom stereocenters. The number of aromatic nitrogens is 3. The molecule has 0 saturated heterocycles. The molecule has 3 nitrogen and oxygen atoms in total. The van der Waals surface area contributed by atoms with Crippen molar-refractivity contribution in [3.63, 3.8) is 0 Å². The Kier molecular flexibility index (Phi) is 1.51. The fourth-order valence-electron chi connectivity index (χ4n) is 1.09. The minimum Gasteiger partial charge on any atom is -0.247 e. The molecule has 0 bridgehead atoms. The predicted octanol–water partition coefficient (Wildman–Crippen LogP) is 1.76. The Hall–Kier alpha value is -1.16. The van der Waals surface area contributed by atoms with Gasteiger partial charge in [-0.2, -0.15) is 4.39 Å². The summed E-state index contributed by atoms with van der Waals surface area (Å²) in [6.45, 7) is 0. The van der Waals surface area contributed by atoms with Crippen LogP contribution in [-0.2, 0) is 7.05 Å². The average molecular weight is 186 g/mol. The van der Waals surface area contributed by atoms with E-state index in [1.54, 1.807) is 7.05 Å². The van der Waals surface area contributed by atoms with E-state index in [1.165, 1.54) is 16.9 Å². The maximum absolute atomic E-state index is 13.0. The van der Waals surface area contributed by atoms with Crippen molar-refractivity contribution >= 4 is 22.6 Å². The van der Waals surface area contributed by atoms with Crippen molar-refractivity contribution in [2.75, 3.05) is 0 Å². The third kappa shape index (κ3) is 0.881. The van der Waals surface area contributed by atoms with Gasteiger partial charge in [0.05, 0.1) is 10.4 Å². The highest BCUT2D eigenvalue weighted by Gasteiger charge is 2.11. The van der Waals surface area contributed by atoms with Crippen molar-refractivity contribution in [1.29, 1.82) is 0 Å². The van der Waals surface area contributed by atoms with Gasteiger partial charge in [0, 0.05) is 13.2 Å². The molecule has 0 atom stereocenters. The zero-order valence-electron chi connectivity index (χ0n) is 6.25. The summed E-state index contributed by atoms with van der Waals surface area (Å²) in [6.07, 6.45) is 1.52. The lowest BCUT2D eigenvalue weighted by Crippen LogP contribution is -1.91. The van der Waals surface area contributed by atoms with Crippen LogP contribution in [0.1, 0.15) is 0 Å². The molecule has 0 aromatic carbocycles. The highest BCUT2D eigenvalue weighted by Crippen LogP contribution is 2.22. The summed E-state index contributed by atoms with van der Waals surface area (Å²) in [5.41, 5.74) is 0.458. The third-order valence-electron chi connectivity index (χ3n) is 1.63. The summed E-state index contributed by atoms with van der Waals surface area (Å²) in [5, 5.41) is 4.17. The molecule has 0 radical (unpaired) electrons.